The maximum Gasteiger partial charge on any atom is 0.0478 e. The second kappa shape index (κ2) is 5.50. The van der Waals surface area contributed by atoms with E-state index in [0.29, 0.717) is 6.04 Å². The first-order valence-corrected chi connectivity index (χ1v) is 8.46. The van der Waals surface area contributed by atoms with Gasteiger partial charge in [-0.05, 0) is 37.8 Å². The highest BCUT2D eigenvalue weighted by molar-refractivity contribution is 5.21. The lowest BCUT2D eigenvalue weighted by Crippen LogP contribution is -2.54. The lowest BCUT2D eigenvalue weighted by molar-refractivity contribution is 0.0207. The molecule has 2 aliphatic heterocycles. The van der Waals surface area contributed by atoms with Crippen molar-refractivity contribution in [2.45, 2.75) is 56.7 Å². The van der Waals surface area contributed by atoms with Gasteiger partial charge < -0.3 is 0 Å². The summed E-state index contributed by atoms with van der Waals surface area (Å²) in [5, 5.41) is 0. The van der Waals surface area contributed by atoms with Crippen molar-refractivity contribution < 1.29 is 0 Å². The molecule has 20 heavy (non-hydrogen) atoms. The van der Waals surface area contributed by atoms with Crippen LogP contribution in [0.25, 0.3) is 0 Å². The maximum atomic E-state index is 2.87. The van der Waals surface area contributed by atoms with E-state index in [2.05, 4.69) is 40.1 Å². The van der Waals surface area contributed by atoms with E-state index < -0.39 is 0 Å². The fourth-order valence-corrected chi connectivity index (χ4v) is 4.65. The van der Waals surface area contributed by atoms with E-state index in [1.165, 1.54) is 63.7 Å². The van der Waals surface area contributed by atoms with Crippen LogP contribution in [0.2, 0.25) is 0 Å². The number of fused-ring (bicyclic) bond motifs is 1. The smallest absolute Gasteiger partial charge is 0.0478 e. The average molecular weight is 270 g/mol. The van der Waals surface area contributed by atoms with E-state index in [4.69, 9.17) is 0 Å². The molecule has 0 aromatic heterocycles. The standard InChI is InChI=1S/C18H26N2/c1-2-7-15(8-3-1)18-14-19-12-6-11-17(19)13-20(18)16-9-4-5-10-16/h1-3,7-8,16-18H,4-6,9-14H2. The van der Waals surface area contributed by atoms with Gasteiger partial charge in [-0.2, -0.15) is 0 Å². The first-order chi connectivity index (χ1) is 9.92. The van der Waals surface area contributed by atoms with Gasteiger partial charge in [-0.1, -0.05) is 43.2 Å². The molecule has 2 unspecified atom stereocenters. The average Bonchev–Trinajstić information content (AvgIpc) is 3.17. The van der Waals surface area contributed by atoms with Gasteiger partial charge in [0.25, 0.3) is 0 Å². The van der Waals surface area contributed by atoms with Gasteiger partial charge in [0.1, 0.15) is 0 Å². The topological polar surface area (TPSA) is 6.48 Å². The molecule has 3 fully saturated rings. The molecule has 0 spiro atoms. The first kappa shape index (κ1) is 12.8. The number of nitrogens with zero attached hydrogens (tertiary/aromatic N) is 2. The predicted molar refractivity (Wildman–Crippen MR) is 82.7 cm³/mol. The van der Waals surface area contributed by atoms with Gasteiger partial charge in [0, 0.05) is 31.2 Å². The highest BCUT2D eigenvalue weighted by Gasteiger charge is 2.40. The van der Waals surface area contributed by atoms with Gasteiger partial charge in [0.2, 0.25) is 0 Å². The van der Waals surface area contributed by atoms with Gasteiger partial charge in [0.15, 0.2) is 0 Å². The Kier molecular flexibility index (Phi) is 3.53. The van der Waals surface area contributed by atoms with Crippen LogP contribution in [0.3, 0.4) is 0 Å². The summed E-state index contributed by atoms with van der Waals surface area (Å²) < 4.78 is 0. The van der Waals surface area contributed by atoms with Crippen LogP contribution in [0, 0.1) is 0 Å². The monoisotopic (exact) mass is 270 g/mol. The number of rotatable bonds is 2. The Morgan fingerprint density at radius 3 is 2.35 bits per heavy atom. The Hall–Kier alpha value is -0.860. The molecular formula is C18H26N2. The molecule has 2 heteroatoms. The molecule has 1 aliphatic carbocycles. The normalized spacial score (nSPS) is 32.6. The number of benzene rings is 1. The molecule has 2 saturated heterocycles. The van der Waals surface area contributed by atoms with Gasteiger partial charge in [-0.3, -0.25) is 9.80 Å². The molecule has 0 amide bonds. The largest absolute Gasteiger partial charge is 0.297 e. The van der Waals surface area contributed by atoms with Crippen molar-refractivity contribution in [2.75, 3.05) is 19.6 Å². The van der Waals surface area contributed by atoms with Crippen molar-refractivity contribution in [1.82, 2.24) is 9.80 Å². The van der Waals surface area contributed by atoms with Gasteiger partial charge in [-0.25, -0.2) is 0 Å². The third-order valence-electron chi connectivity index (χ3n) is 5.71. The van der Waals surface area contributed by atoms with Crippen LogP contribution in [-0.2, 0) is 0 Å². The third-order valence-corrected chi connectivity index (χ3v) is 5.71. The van der Waals surface area contributed by atoms with Crippen LogP contribution in [0.1, 0.15) is 50.1 Å². The Labute approximate surface area is 122 Å². The Balaban J connectivity index is 1.61. The highest BCUT2D eigenvalue weighted by Crippen LogP contribution is 2.37. The molecule has 1 aromatic carbocycles. The van der Waals surface area contributed by atoms with Crippen molar-refractivity contribution >= 4 is 0 Å². The Morgan fingerprint density at radius 1 is 0.800 bits per heavy atom. The minimum absolute atomic E-state index is 0.633. The Morgan fingerprint density at radius 2 is 1.55 bits per heavy atom. The molecule has 4 rings (SSSR count). The summed E-state index contributed by atoms with van der Waals surface area (Å²) in [6, 6.07) is 13.6. The molecular weight excluding hydrogens is 244 g/mol. The predicted octanol–water partition coefficient (Wildman–Crippen LogP) is 3.45. The van der Waals surface area contributed by atoms with E-state index in [1.807, 2.05) is 0 Å². The second-order valence-corrected chi connectivity index (χ2v) is 6.85. The Bertz CT molecular complexity index is 438. The summed E-state index contributed by atoms with van der Waals surface area (Å²) >= 11 is 0. The quantitative estimate of drug-likeness (QED) is 0.812. The zero-order valence-corrected chi connectivity index (χ0v) is 12.4. The summed E-state index contributed by atoms with van der Waals surface area (Å²) in [5.41, 5.74) is 1.53. The van der Waals surface area contributed by atoms with E-state index in [0.717, 1.165) is 12.1 Å². The number of piperazine rings is 1. The van der Waals surface area contributed by atoms with E-state index in [9.17, 15) is 0 Å². The van der Waals surface area contributed by atoms with Crippen LogP contribution in [0.15, 0.2) is 30.3 Å². The minimum Gasteiger partial charge on any atom is -0.297 e. The van der Waals surface area contributed by atoms with Gasteiger partial charge in [0.05, 0.1) is 0 Å². The number of hydrogen-bond acceptors (Lipinski definition) is 2. The van der Waals surface area contributed by atoms with Crippen LogP contribution >= 0.6 is 0 Å². The maximum absolute atomic E-state index is 2.87. The van der Waals surface area contributed by atoms with Crippen molar-refractivity contribution in [3.05, 3.63) is 35.9 Å². The summed E-state index contributed by atoms with van der Waals surface area (Å²) in [6.07, 6.45) is 8.57. The van der Waals surface area contributed by atoms with Gasteiger partial charge >= 0.3 is 0 Å². The number of hydrogen-bond donors (Lipinski definition) is 0. The fraction of sp³-hybridized carbons (Fsp3) is 0.667. The van der Waals surface area contributed by atoms with Crippen molar-refractivity contribution in [3.8, 4) is 0 Å². The molecule has 0 radical (unpaired) electrons. The van der Waals surface area contributed by atoms with Gasteiger partial charge in [-0.15, -0.1) is 0 Å². The van der Waals surface area contributed by atoms with Crippen molar-refractivity contribution in [1.29, 1.82) is 0 Å². The van der Waals surface area contributed by atoms with Crippen LogP contribution < -0.4 is 0 Å². The molecule has 108 valence electrons. The summed E-state index contributed by atoms with van der Waals surface area (Å²) in [6.45, 7) is 3.89. The van der Waals surface area contributed by atoms with Crippen molar-refractivity contribution in [2.24, 2.45) is 0 Å². The van der Waals surface area contributed by atoms with Crippen LogP contribution in [-0.4, -0.2) is 41.5 Å². The summed E-state index contributed by atoms with van der Waals surface area (Å²) in [7, 11) is 0. The van der Waals surface area contributed by atoms with Crippen LogP contribution in [0.5, 0.6) is 0 Å². The second-order valence-electron chi connectivity index (χ2n) is 6.85. The summed E-state index contributed by atoms with van der Waals surface area (Å²) in [5.74, 6) is 0. The molecule has 0 bridgehead atoms. The van der Waals surface area contributed by atoms with Crippen LogP contribution in [0.4, 0.5) is 0 Å². The molecule has 3 aliphatic rings. The lowest BCUT2D eigenvalue weighted by atomic mass is 9.97. The minimum atomic E-state index is 0.633. The lowest BCUT2D eigenvalue weighted by Gasteiger charge is -2.46. The molecule has 0 N–H and O–H groups in total. The molecule has 1 saturated carbocycles. The zero-order chi connectivity index (χ0) is 13.4. The van der Waals surface area contributed by atoms with Crippen molar-refractivity contribution in [3.63, 3.8) is 0 Å². The molecule has 2 heterocycles. The third kappa shape index (κ3) is 2.29. The highest BCUT2D eigenvalue weighted by atomic mass is 15.3. The molecule has 2 atom stereocenters. The van der Waals surface area contributed by atoms with E-state index in [1.54, 1.807) is 0 Å². The molecule has 1 aromatic rings. The fourth-order valence-electron chi connectivity index (χ4n) is 4.65. The van der Waals surface area contributed by atoms with E-state index >= 15 is 0 Å². The summed E-state index contributed by atoms with van der Waals surface area (Å²) in [4.78, 5) is 5.62. The van der Waals surface area contributed by atoms with E-state index in [-0.39, 0.29) is 0 Å². The molecule has 2 nitrogen and oxygen atoms in total. The first-order valence-electron chi connectivity index (χ1n) is 8.46. The zero-order valence-electron chi connectivity index (χ0n) is 12.4. The SMILES string of the molecule is c1ccc(C2CN3CCCC3CN2C2CCCC2)cc1.